The molecule has 0 saturated carbocycles. The number of esters is 1. The van der Waals surface area contributed by atoms with Crippen molar-refractivity contribution in [1.82, 2.24) is 0 Å². The third-order valence-electron chi connectivity index (χ3n) is 2.25. The third-order valence-corrected chi connectivity index (χ3v) is 3.31. The Bertz CT molecular complexity index is 555. The topological polar surface area (TPSA) is 46.5 Å². The van der Waals surface area contributed by atoms with Gasteiger partial charge in [-0.15, -0.1) is 0 Å². The molecule has 1 N–H and O–H groups in total. The number of benzene rings is 1. The Labute approximate surface area is 122 Å². The zero-order chi connectivity index (χ0) is 15.5. The van der Waals surface area contributed by atoms with E-state index in [0.29, 0.717) is 5.56 Å². The summed E-state index contributed by atoms with van der Waals surface area (Å²) in [5.74, 6) is -1.57. The minimum absolute atomic E-state index is 0.0189. The molecule has 0 spiro atoms. The Hall–Kier alpha value is -1.34. The van der Waals surface area contributed by atoms with E-state index in [1.54, 1.807) is 6.92 Å². The Morgan fingerprint density at radius 1 is 1.45 bits per heavy atom. The second-order valence-corrected chi connectivity index (χ2v) is 5.20. The SMILES string of the molecule is COC(=O)/C(=C(\F)Sc1ccc(O)c(C)c1)C(F)(F)Cl. The van der Waals surface area contributed by atoms with Gasteiger partial charge in [0, 0.05) is 4.90 Å². The predicted octanol–water partition coefficient (Wildman–Crippen LogP) is 3.98. The number of phenols is 1. The predicted molar refractivity (Wildman–Crippen MR) is 69.7 cm³/mol. The highest BCUT2D eigenvalue weighted by Gasteiger charge is 2.41. The highest BCUT2D eigenvalue weighted by molar-refractivity contribution is 8.03. The van der Waals surface area contributed by atoms with Gasteiger partial charge < -0.3 is 9.84 Å². The van der Waals surface area contributed by atoms with E-state index in [1.807, 2.05) is 0 Å². The van der Waals surface area contributed by atoms with E-state index in [4.69, 9.17) is 11.6 Å². The molecule has 1 aromatic rings. The van der Waals surface area contributed by atoms with Gasteiger partial charge in [0.1, 0.15) is 5.75 Å². The smallest absolute Gasteiger partial charge is 0.358 e. The van der Waals surface area contributed by atoms with Crippen molar-refractivity contribution >= 4 is 29.3 Å². The van der Waals surface area contributed by atoms with Gasteiger partial charge in [-0.3, -0.25) is 0 Å². The Morgan fingerprint density at radius 3 is 2.50 bits per heavy atom. The van der Waals surface area contributed by atoms with Crippen molar-refractivity contribution in [3.8, 4) is 5.75 Å². The van der Waals surface area contributed by atoms with E-state index in [9.17, 15) is 23.1 Å². The fourth-order valence-corrected chi connectivity index (χ4v) is 2.36. The van der Waals surface area contributed by atoms with Crippen molar-refractivity contribution in [2.45, 2.75) is 17.2 Å². The summed E-state index contributed by atoms with van der Waals surface area (Å²) in [7, 11) is 0.841. The first kappa shape index (κ1) is 16.7. The highest BCUT2D eigenvalue weighted by Crippen LogP contribution is 2.39. The summed E-state index contributed by atoms with van der Waals surface area (Å²) in [6, 6.07) is 3.97. The lowest BCUT2D eigenvalue weighted by molar-refractivity contribution is -0.138. The lowest BCUT2D eigenvalue weighted by atomic mass is 10.2. The maximum absolute atomic E-state index is 13.8. The molecule has 1 aromatic carbocycles. The summed E-state index contributed by atoms with van der Waals surface area (Å²) in [5, 5.41) is 3.66. The van der Waals surface area contributed by atoms with Crippen LogP contribution >= 0.6 is 23.4 Å². The molecule has 0 heterocycles. The van der Waals surface area contributed by atoms with Crippen molar-refractivity contribution < 1.29 is 27.8 Å². The zero-order valence-corrected chi connectivity index (χ0v) is 12.0. The van der Waals surface area contributed by atoms with Crippen LogP contribution in [0.3, 0.4) is 0 Å². The molecule has 0 atom stereocenters. The number of alkyl halides is 3. The minimum atomic E-state index is -4.18. The first-order valence-electron chi connectivity index (χ1n) is 5.19. The van der Waals surface area contributed by atoms with Gasteiger partial charge >= 0.3 is 11.4 Å². The van der Waals surface area contributed by atoms with Crippen molar-refractivity contribution in [3.63, 3.8) is 0 Å². The van der Waals surface area contributed by atoms with Gasteiger partial charge in [-0.1, -0.05) is 11.8 Å². The number of hydrogen-bond acceptors (Lipinski definition) is 4. The van der Waals surface area contributed by atoms with Crippen LogP contribution in [0.15, 0.2) is 33.8 Å². The standard InChI is InChI=1S/C12H10ClF3O3S/c1-6-5-7(3-4-8(6)17)20-10(14)9(11(18)19-2)12(13,15)16/h3-5,17H,1-2H3/b10-9-. The van der Waals surface area contributed by atoms with Crippen LogP contribution in [0, 0.1) is 6.92 Å². The van der Waals surface area contributed by atoms with Crippen molar-refractivity contribution in [2.24, 2.45) is 0 Å². The Balaban J connectivity index is 3.16. The summed E-state index contributed by atoms with van der Waals surface area (Å²) in [6.45, 7) is 1.55. The van der Waals surface area contributed by atoms with Crippen molar-refractivity contribution in [1.29, 1.82) is 0 Å². The zero-order valence-electron chi connectivity index (χ0n) is 10.4. The second kappa shape index (κ2) is 6.41. The van der Waals surface area contributed by atoms with Crippen LogP contribution in [0.2, 0.25) is 0 Å². The van der Waals surface area contributed by atoms with Gasteiger partial charge in [-0.2, -0.15) is 13.2 Å². The molecule has 0 aliphatic rings. The number of carbonyl (C=O) groups is 1. The largest absolute Gasteiger partial charge is 0.508 e. The summed E-state index contributed by atoms with van der Waals surface area (Å²) in [5.41, 5.74) is -1.13. The Kier molecular flexibility index (Phi) is 5.35. The lowest BCUT2D eigenvalue weighted by Crippen LogP contribution is -2.21. The molecular weight excluding hydrogens is 317 g/mol. The maximum Gasteiger partial charge on any atom is 0.358 e. The van der Waals surface area contributed by atoms with Crippen LogP contribution in [-0.2, 0) is 9.53 Å². The number of aryl methyl sites for hydroxylation is 1. The molecular formula is C12H10ClF3O3S. The molecule has 1 rings (SSSR count). The number of ether oxygens (including phenoxy) is 1. The van der Waals surface area contributed by atoms with E-state index in [2.05, 4.69) is 4.74 Å². The average Bonchev–Trinajstić information content (AvgIpc) is 2.32. The molecule has 0 amide bonds. The second-order valence-electron chi connectivity index (χ2n) is 3.69. The fraction of sp³-hybridized carbons (Fsp3) is 0.250. The molecule has 3 nitrogen and oxygen atoms in total. The van der Waals surface area contributed by atoms with Crippen LogP contribution in [0.1, 0.15) is 5.56 Å². The number of halogens is 4. The number of rotatable bonds is 4. The van der Waals surface area contributed by atoms with E-state index < -0.39 is 22.1 Å². The number of hydrogen-bond donors (Lipinski definition) is 1. The van der Waals surface area contributed by atoms with E-state index in [1.165, 1.54) is 18.2 Å². The van der Waals surface area contributed by atoms with Crippen LogP contribution in [0.5, 0.6) is 5.75 Å². The maximum atomic E-state index is 13.8. The van der Waals surface area contributed by atoms with E-state index in [0.717, 1.165) is 7.11 Å². The highest BCUT2D eigenvalue weighted by atomic mass is 35.5. The van der Waals surface area contributed by atoms with Crippen molar-refractivity contribution in [2.75, 3.05) is 7.11 Å². The van der Waals surface area contributed by atoms with Crippen molar-refractivity contribution in [3.05, 3.63) is 34.5 Å². The van der Waals surface area contributed by atoms with Crippen LogP contribution in [0.4, 0.5) is 13.2 Å². The summed E-state index contributed by atoms with van der Waals surface area (Å²) in [4.78, 5) is 11.4. The molecule has 0 saturated heterocycles. The first-order chi connectivity index (χ1) is 9.16. The van der Waals surface area contributed by atoms with Crippen LogP contribution in [0.25, 0.3) is 0 Å². The van der Waals surface area contributed by atoms with Gasteiger partial charge in [0.2, 0.25) is 0 Å². The molecule has 0 aliphatic carbocycles. The first-order valence-corrected chi connectivity index (χ1v) is 6.39. The molecule has 0 radical (unpaired) electrons. The number of phenolic OH excluding ortho intramolecular Hbond substituents is 1. The molecule has 0 aromatic heterocycles. The van der Waals surface area contributed by atoms with Gasteiger partial charge in [-0.05, 0) is 42.3 Å². The minimum Gasteiger partial charge on any atom is -0.508 e. The average molecular weight is 327 g/mol. The van der Waals surface area contributed by atoms with Crippen LogP contribution < -0.4 is 0 Å². The molecule has 0 fully saturated rings. The Morgan fingerprint density at radius 2 is 2.05 bits per heavy atom. The molecule has 0 bridgehead atoms. The third kappa shape index (κ3) is 4.08. The monoisotopic (exact) mass is 326 g/mol. The van der Waals surface area contributed by atoms with Gasteiger partial charge in [0.15, 0.2) is 10.7 Å². The van der Waals surface area contributed by atoms with Crippen LogP contribution in [-0.4, -0.2) is 23.6 Å². The lowest BCUT2D eigenvalue weighted by Gasteiger charge is -2.12. The molecule has 8 heteroatoms. The van der Waals surface area contributed by atoms with Gasteiger partial charge in [0.25, 0.3) is 0 Å². The number of thioether (sulfide) groups is 1. The molecule has 110 valence electrons. The summed E-state index contributed by atoms with van der Waals surface area (Å²) >= 11 is 4.99. The fourth-order valence-electron chi connectivity index (χ4n) is 1.26. The van der Waals surface area contributed by atoms with E-state index >= 15 is 0 Å². The quantitative estimate of drug-likeness (QED) is 0.393. The molecule has 0 unspecified atom stereocenters. The van der Waals surface area contributed by atoms with Gasteiger partial charge in [0.05, 0.1) is 7.11 Å². The normalized spacial score (nSPS) is 12.9. The summed E-state index contributed by atoms with van der Waals surface area (Å²) < 4.78 is 44.0. The van der Waals surface area contributed by atoms with Gasteiger partial charge in [-0.25, -0.2) is 4.79 Å². The van der Waals surface area contributed by atoms with E-state index in [-0.39, 0.29) is 22.4 Å². The summed E-state index contributed by atoms with van der Waals surface area (Å²) in [6.07, 6.45) is 0. The number of carbonyl (C=O) groups excluding carboxylic acids is 1. The molecule has 0 aliphatic heterocycles. The molecule has 20 heavy (non-hydrogen) atoms. The number of methoxy groups -OCH3 is 1. The number of aromatic hydroxyl groups is 1.